The number of nitrogens with zero attached hydrogens (tertiary/aromatic N) is 2. The van der Waals surface area contributed by atoms with E-state index in [2.05, 4.69) is 0 Å². The van der Waals surface area contributed by atoms with Crippen molar-refractivity contribution >= 4 is 12.0 Å². The second-order valence-electron chi connectivity index (χ2n) is 8.29. The summed E-state index contributed by atoms with van der Waals surface area (Å²) in [5, 5.41) is 0. The molecule has 1 saturated heterocycles. The van der Waals surface area contributed by atoms with E-state index in [0.29, 0.717) is 0 Å². The van der Waals surface area contributed by atoms with Crippen LogP contribution >= 0.6 is 0 Å². The fourth-order valence-electron chi connectivity index (χ4n) is 4.18. The molecule has 2 atom stereocenters. The Bertz CT molecular complexity index is 625. The first-order chi connectivity index (χ1) is 11.2. The number of carbonyl (C=O) groups is 2. The van der Waals surface area contributed by atoms with E-state index >= 15 is 0 Å². The van der Waals surface area contributed by atoms with Crippen molar-refractivity contribution in [2.45, 2.75) is 64.5 Å². The normalized spacial score (nSPS) is 28.3. The molecule has 132 valence electrons. The number of amides is 2. The number of imide groups is 1. The molecule has 0 aromatic heterocycles. The Labute approximate surface area is 144 Å². The maximum atomic E-state index is 13.0. The predicted octanol–water partition coefficient (Wildman–Crippen LogP) is 3.47. The van der Waals surface area contributed by atoms with Crippen molar-refractivity contribution in [3.8, 4) is 0 Å². The van der Waals surface area contributed by atoms with Crippen LogP contribution in [-0.2, 0) is 9.53 Å². The zero-order valence-electron chi connectivity index (χ0n) is 15.4. The molecule has 0 saturated carbocycles. The van der Waals surface area contributed by atoms with Crippen molar-refractivity contribution in [2.24, 2.45) is 5.92 Å². The van der Waals surface area contributed by atoms with Crippen molar-refractivity contribution in [3.63, 3.8) is 0 Å². The number of ether oxygens (including phenoxy) is 1. The van der Waals surface area contributed by atoms with Gasteiger partial charge in [-0.25, -0.2) is 9.69 Å². The monoisotopic (exact) mass is 332 g/mol. The summed E-state index contributed by atoms with van der Waals surface area (Å²) in [7, 11) is 3.82. The molecule has 0 spiro atoms. The van der Waals surface area contributed by atoms with E-state index in [1.54, 1.807) is 0 Å². The maximum Gasteiger partial charge on any atom is 0.417 e. The fraction of sp³-hybridized carbons (Fsp3) is 0.684. The van der Waals surface area contributed by atoms with Crippen LogP contribution in [0.5, 0.6) is 0 Å². The summed E-state index contributed by atoms with van der Waals surface area (Å²) in [5.41, 5.74) is 2.91. The highest BCUT2D eigenvalue weighted by Crippen LogP contribution is 2.50. The van der Waals surface area contributed by atoms with Gasteiger partial charge in [-0.2, -0.15) is 0 Å². The summed E-state index contributed by atoms with van der Waals surface area (Å²) in [6, 6.07) is -0.131. The average molecular weight is 332 g/mol. The summed E-state index contributed by atoms with van der Waals surface area (Å²) in [6.45, 7) is 5.50. The van der Waals surface area contributed by atoms with Crippen LogP contribution in [0, 0.1) is 5.92 Å². The molecule has 3 aliphatic rings. The molecule has 0 aromatic carbocycles. The van der Waals surface area contributed by atoms with Gasteiger partial charge in [-0.3, -0.25) is 4.79 Å². The molecule has 0 radical (unpaired) electrons. The Kier molecular flexibility index (Phi) is 4.22. The number of rotatable bonds is 1. The van der Waals surface area contributed by atoms with E-state index in [-0.39, 0.29) is 17.9 Å². The van der Waals surface area contributed by atoms with Crippen molar-refractivity contribution in [2.75, 3.05) is 14.1 Å². The second kappa shape index (κ2) is 5.94. The van der Waals surface area contributed by atoms with Crippen molar-refractivity contribution < 1.29 is 14.3 Å². The number of fused-ring (bicyclic) bond motifs is 2. The fourth-order valence-corrected chi connectivity index (χ4v) is 4.18. The molecule has 2 amide bonds. The molecule has 5 nitrogen and oxygen atoms in total. The minimum atomic E-state index is -0.608. The lowest BCUT2D eigenvalue weighted by Crippen LogP contribution is -2.43. The highest BCUT2D eigenvalue weighted by Gasteiger charge is 2.53. The molecule has 3 rings (SSSR count). The van der Waals surface area contributed by atoms with E-state index < -0.39 is 11.7 Å². The second-order valence-corrected chi connectivity index (χ2v) is 8.29. The van der Waals surface area contributed by atoms with Crippen LogP contribution in [0.3, 0.4) is 0 Å². The first-order valence-electron chi connectivity index (χ1n) is 8.84. The summed E-state index contributed by atoms with van der Waals surface area (Å²) in [4.78, 5) is 29.0. The Balaban J connectivity index is 1.98. The number of hydrogen-bond acceptors (Lipinski definition) is 4. The van der Waals surface area contributed by atoms with E-state index in [1.165, 1.54) is 22.5 Å². The molecule has 2 aliphatic carbocycles. The summed E-state index contributed by atoms with van der Waals surface area (Å²) < 4.78 is 5.54. The molecule has 2 unspecified atom stereocenters. The van der Waals surface area contributed by atoms with Gasteiger partial charge in [0.25, 0.3) is 5.91 Å². The first-order valence-corrected chi connectivity index (χ1v) is 8.84. The molecular formula is C19H28N2O3. The zero-order valence-corrected chi connectivity index (χ0v) is 15.4. The molecule has 1 heterocycles. The van der Waals surface area contributed by atoms with Gasteiger partial charge in [0.2, 0.25) is 0 Å². The number of allylic oxidation sites excluding steroid dienone is 1. The van der Waals surface area contributed by atoms with Crippen LogP contribution in [0.2, 0.25) is 0 Å². The smallest absolute Gasteiger partial charge is 0.417 e. The van der Waals surface area contributed by atoms with Gasteiger partial charge in [-0.15, -0.1) is 0 Å². The molecule has 5 heteroatoms. The van der Waals surface area contributed by atoms with Gasteiger partial charge in [0.15, 0.2) is 0 Å². The van der Waals surface area contributed by atoms with Crippen LogP contribution in [0.15, 0.2) is 22.9 Å². The predicted molar refractivity (Wildman–Crippen MR) is 92.2 cm³/mol. The van der Waals surface area contributed by atoms with Gasteiger partial charge in [0.1, 0.15) is 5.60 Å². The topological polar surface area (TPSA) is 49.9 Å². The van der Waals surface area contributed by atoms with Crippen molar-refractivity contribution in [1.29, 1.82) is 0 Å². The Morgan fingerprint density at radius 1 is 1.25 bits per heavy atom. The quantitative estimate of drug-likeness (QED) is 0.545. The first kappa shape index (κ1) is 17.1. The van der Waals surface area contributed by atoms with Crippen LogP contribution in [0.4, 0.5) is 4.79 Å². The van der Waals surface area contributed by atoms with Gasteiger partial charge in [0.05, 0.1) is 6.04 Å². The van der Waals surface area contributed by atoms with Gasteiger partial charge in [-0.1, -0.05) is 5.57 Å². The highest BCUT2D eigenvalue weighted by molar-refractivity contribution is 6.06. The minimum absolute atomic E-state index is 0.0931. The van der Waals surface area contributed by atoms with E-state index in [9.17, 15) is 9.59 Å². The molecule has 24 heavy (non-hydrogen) atoms. The standard InChI is InChI=1S/C19H28N2O3/c1-19(2,3)24-18(23)21-16-13-9-7-6-8-12(13)10-14(16)15(17(21)22)11-20(4)5/h11,14,16H,6-10H2,1-5H3. The van der Waals surface area contributed by atoms with Crippen LogP contribution in [0.25, 0.3) is 0 Å². The lowest BCUT2D eigenvalue weighted by atomic mass is 9.92. The Hall–Kier alpha value is -1.78. The third-order valence-electron chi connectivity index (χ3n) is 4.96. The lowest BCUT2D eigenvalue weighted by Gasteiger charge is -2.29. The van der Waals surface area contributed by atoms with Gasteiger partial charge >= 0.3 is 6.09 Å². The zero-order chi connectivity index (χ0) is 17.6. The van der Waals surface area contributed by atoms with Crippen LogP contribution in [-0.4, -0.2) is 47.5 Å². The van der Waals surface area contributed by atoms with E-state index in [1.807, 2.05) is 46.0 Å². The molecular weight excluding hydrogens is 304 g/mol. The largest absolute Gasteiger partial charge is 0.443 e. The van der Waals surface area contributed by atoms with Crippen molar-refractivity contribution in [1.82, 2.24) is 9.80 Å². The Morgan fingerprint density at radius 2 is 1.92 bits per heavy atom. The molecule has 0 N–H and O–H groups in total. The minimum Gasteiger partial charge on any atom is -0.443 e. The average Bonchev–Trinajstić information content (AvgIpc) is 2.93. The molecule has 1 fully saturated rings. The van der Waals surface area contributed by atoms with Gasteiger partial charge in [-0.05, 0) is 58.4 Å². The van der Waals surface area contributed by atoms with Crippen molar-refractivity contribution in [3.05, 3.63) is 22.9 Å². The lowest BCUT2D eigenvalue weighted by molar-refractivity contribution is -0.125. The van der Waals surface area contributed by atoms with Crippen LogP contribution < -0.4 is 0 Å². The van der Waals surface area contributed by atoms with Crippen LogP contribution in [0.1, 0.15) is 52.9 Å². The third kappa shape index (κ3) is 2.96. The van der Waals surface area contributed by atoms with Gasteiger partial charge in [0, 0.05) is 31.8 Å². The summed E-state index contributed by atoms with van der Waals surface area (Å²) in [5.74, 6) is -0.0967. The van der Waals surface area contributed by atoms with Gasteiger partial charge < -0.3 is 9.64 Å². The molecule has 1 aliphatic heterocycles. The summed E-state index contributed by atoms with van der Waals surface area (Å²) in [6.07, 6.45) is 6.74. The number of carbonyl (C=O) groups excluding carboxylic acids is 2. The highest BCUT2D eigenvalue weighted by atomic mass is 16.6. The SMILES string of the molecule is CN(C)C=C1C(=O)N(C(=O)OC(C)(C)C)C2C3=C(CCCC3)CC12. The third-order valence-corrected chi connectivity index (χ3v) is 4.96. The van der Waals surface area contributed by atoms with E-state index in [4.69, 9.17) is 4.74 Å². The molecule has 0 bridgehead atoms. The summed E-state index contributed by atoms with van der Waals surface area (Å²) >= 11 is 0. The Morgan fingerprint density at radius 3 is 2.54 bits per heavy atom. The number of hydrogen-bond donors (Lipinski definition) is 0. The van der Waals surface area contributed by atoms with E-state index in [0.717, 1.165) is 31.3 Å². The molecule has 0 aromatic rings. The number of likely N-dealkylation sites (tertiary alicyclic amines) is 1. The maximum absolute atomic E-state index is 13.0.